The number of morpholine rings is 1. The molecule has 3 rings (SSSR count). The number of ether oxygens (including phenoxy) is 1. The van der Waals surface area contributed by atoms with E-state index in [4.69, 9.17) is 4.74 Å². The van der Waals surface area contributed by atoms with Crippen LogP contribution >= 0.6 is 11.8 Å². The lowest BCUT2D eigenvalue weighted by molar-refractivity contribution is 0.0593. The smallest absolute Gasteiger partial charge is 0.286 e. The van der Waals surface area contributed by atoms with E-state index >= 15 is 0 Å². The van der Waals surface area contributed by atoms with Gasteiger partial charge in [-0.3, -0.25) is 9.52 Å². The van der Waals surface area contributed by atoms with E-state index in [2.05, 4.69) is 4.72 Å². The quantitative estimate of drug-likeness (QED) is 0.828. The summed E-state index contributed by atoms with van der Waals surface area (Å²) < 4.78 is 32.8. The first-order chi connectivity index (χ1) is 12.1. The molecule has 1 heterocycles. The number of hydrogen-bond acceptors (Lipinski definition) is 5. The highest BCUT2D eigenvalue weighted by molar-refractivity contribution is 8.13. The van der Waals surface area contributed by atoms with E-state index in [0.717, 1.165) is 11.8 Å². The number of amides is 1. The molecule has 0 aliphatic carbocycles. The molecule has 132 valence electrons. The van der Waals surface area contributed by atoms with Crippen LogP contribution in [-0.4, -0.2) is 44.9 Å². The number of nitrogens with zero attached hydrogens (tertiary/aromatic N) is 1. The van der Waals surface area contributed by atoms with Gasteiger partial charge in [0, 0.05) is 18.0 Å². The van der Waals surface area contributed by atoms with E-state index in [-0.39, 0.29) is 10.1 Å². The van der Waals surface area contributed by atoms with E-state index in [9.17, 15) is 13.2 Å². The summed E-state index contributed by atoms with van der Waals surface area (Å²) in [5, 5.41) is -0.116. The molecule has 1 amide bonds. The number of benzene rings is 2. The number of carbonyl (C=O) groups is 1. The fourth-order valence-corrected chi connectivity index (χ4v) is 4.39. The summed E-state index contributed by atoms with van der Waals surface area (Å²) in [6, 6.07) is 15.0. The van der Waals surface area contributed by atoms with Crippen molar-refractivity contribution >= 4 is 32.7 Å². The first-order valence-corrected chi connectivity index (χ1v) is 10.1. The highest BCUT2D eigenvalue weighted by Crippen LogP contribution is 2.31. The Kier molecular flexibility index (Phi) is 5.62. The largest absolute Gasteiger partial charge is 0.378 e. The highest BCUT2D eigenvalue weighted by Gasteiger charge is 2.21. The molecule has 1 aliphatic heterocycles. The minimum Gasteiger partial charge on any atom is -0.378 e. The lowest BCUT2D eigenvalue weighted by Crippen LogP contribution is -2.38. The van der Waals surface area contributed by atoms with Gasteiger partial charge in [-0.2, -0.15) is 0 Å². The zero-order valence-electron chi connectivity index (χ0n) is 13.4. The van der Waals surface area contributed by atoms with Gasteiger partial charge in [0.2, 0.25) is 0 Å². The van der Waals surface area contributed by atoms with Crippen LogP contribution in [0.4, 0.5) is 10.5 Å². The van der Waals surface area contributed by atoms with Gasteiger partial charge in [0.1, 0.15) is 0 Å². The molecule has 1 saturated heterocycles. The van der Waals surface area contributed by atoms with Crippen molar-refractivity contribution in [2.24, 2.45) is 0 Å². The Balaban J connectivity index is 1.78. The van der Waals surface area contributed by atoms with Gasteiger partial charge in [-0.1, -0.05) is 30.3 Å². The summed E-state index contributed by atoms with van der Waals surface area (Å²) in [6.07, 6.45) is 0. The first kappa shape index (κ1) is 17.8. The predicted octanol–water partition coefficient (Wildman–Crippen LogP) is 3.03. The topological polar surface area (TPSA) is 75.7 Å². The molecule has 2 aromatic rings. The number of para-hydroxylation sites is 1. The van der Waals surface area contributed by atoms with Gasteiger partial charge in [0.05, 0.1) is 23.8 Å². The molecule has 8 heteroatoms. The summed E-state index contributed by atoms with van der Waals surface area (Å²) in [5.41, 5.74) is 0.387. The van der Waals surface area contributed by atoms with Crippen LogP contribution in [0.1, 0.15) is 0 Å². The molecule has 0 aromatic heterocycles. The average molecular weight is 378 g/mol. The Morgan fingerprint density at radius 3 is 2.36 bits per heavy atom. The van der Waals surface area contributed by atoms with Gasteiger partial charge in [-0.05, 0) is 36.0 Å². The summed E-state index contributed by atoms with van der Waals surface area (Å²) in [4.78, 5) is 14.9. The number of nitrogens with one attached hydrogen (secondary N) is 1. The van der Waals surface area contributed by atoms with Crippen LogP contribution in [0.5, 0.6) is 0 Å². The number of thioether (sulfide) groups is 1. The van der Waals surface area contributed by atoms with Crippen molar-refractivity contribution in [1.29, 1.82) is 0 Å². The molecule has 1 N–H and O–H groups in total. The molecule has 0 atom stereocenters. The summed E-state index contributed by atoms with van der Waals surface area (Å²) in [5.74, 6) is 0. The monoisotopic (exact) mass is 378 g/mol. The maximum Gasteiger partial charge on any atom is 0.286 e. The number of anilines is 1. The van der Waals surface area contributed by atoms with Crippen molar-refractivity contribution < 1.29 is 17.9 Å². The summed E-state index contributed by atoms with van der Waals surface area (Å²) >= 11 is 1.02. The zero-order chi connectivity index (χ0) is 17.7. The summed E-state index contributed by atoms with van der Waals surface area (Å²) in [7, 11) is -3.70. The fraction of sp³-hybridized carbons (Fsp3) is 0.235. The Morgan fingerprint density at radius 1 is 1.00 bits per heavy atom. The number of carbonyl (C=O) groups excluding carboxylic acids is 1. The maximum atomic E-state index is 12.5. The Labute approximate surface area is 151 Å². The Hall–Kier alpha value is -2.03. The second-order valence-corrected chi connectivity index (χ2v) is 8.06. The van der Waals surface area contributed by atoms with Crippen LogP contribution in [0.25, 0.3) is 0 Å². The third kappa shape index (κ3) is 4.53. The molecule has 0 radical (unpaired) electrons. The highest BCUT2D eigenvalue weighted by atomic mass is 32.2. The van der Waals surface area contributed by atoms with E-state index in [1.54, 1.807) is 47.4 Å². The van der Waals surface area contributed by atoms with Gasteiger partial charge >= 0.3 is 0 Å². The summed E-state index contributed by atoms with van der Waals surface area (Å²) in [6.45, 7) is 2.14. The van der Waals surface area contributed by atoms with E-state index in [1.165, 1.54) is 12.1 Å². The predicted molar refractivity (Wildman–Crippen MR) is 97.3 cm³/mol. The number of sulfonamides is 1. The normalized spacial score (nSPS) is 15.0. The van der Waals surface area contributed by atoms with Crippen LogP contribution in [0, 0.1) is 0 Å². The van der Waals surface area contributed by atoms with E-state index in [0.29, 0.717) is 36.9 Å². The van der Waals surface area contributed by atoms with Crippen molar-refractivity contribution in [1.82, 2.24) is 4.90 Å². The Bertz CT molecular complexity index is 835. The van der Waals surface area contributed by atoms with Crippen molar-refractivity contribution in [2.45, 2.75) is 9.79 Å². The van der Waals surface area contributed by atoms with Crippen LogP contribution in [0.3, 0.4) is 0 Å². The van der Waals surface area contributed by atoms with Crippen molar-refractivity contribution in [3.05, 3.63) is 54.6 Å². The van der Waals surface area contributed by atoms with Gasteiger partial charge in [-0.15, -0.1) is 0 Å². The molecule has 1 aliphatic rings. The third-order valence-electron chi connectivity index (χ3n) is 3.65. The molecule has 1 fully saturated rings. The minimum absolute atomic E-state index is 0.116. The molecule has 0 spiro atoms. The molecular formula is C17H18N2O4S2. The minimum atomic E-state index is -3.70. The number of rotatable bonds is 4. The molecule has 6 nitrogen and oxygen atoms in total. The van der Waals surface area contributed by atoms with Crippen LogP contribution in [0.2, 0.25) is 0 Å². The van der Waals surface area contributed by atoms with E-state index in [1.807, 2.05) is 0 Å². The van der Waals surface area contributed by atoms with Gasteiger partial charge in [-0.25, -0.2) is 8.42 Å². The second-order valence-electron chi connectivity index (χ2n) is 5.38. The van der Waals surface area contributed by atoms with Gasteiger partial charge < -0.3 is 9.64 Å². The molecule has 25 heavy (non-hydrogen) atoms. The maximum absolute atomic E-state index is 12.5. The number of hydrogen-bond donors (Lipinski definition) is 1. The molecule has 2 aromatic carbocycles. The fourth-order valence-electron chi connectivity index (χ4n) is 2.35. The third-order valence-corrected chi connectivity index (χ3v) is 6.04. The zero-order valence-corrected chi connectivity index (χ0v) is 15.1. The van der Waals surface area contributed by atoms with Crippen molar-refractivity contribution in [3.63, 3.8) is 0 Å². The molecule has 0 unspecified atom stereocenters. The average Bonchev–Trinajstić information content (AvgIpc) is 2.64. The lowest BCUT2D eigenvalue weighted by Gasteiger charge is -2.26. The SMILES string of the molecule is O=C(Sc1ccccc1NS(=O)(=O)c1ccccc1)N1CCOCC1. The van der Waals surface area contributed by atoms with Crippen molar-refractivity contribution in [2.75, 3.05) is 31.0 Å². The standard InChI is InChI=1S/C17H18N2O4S2/c20-17(19-10-12-23-13-11-19)24-16-9-5-4-8-15(16)18-25(21,22)14-6-2-1-3-7-14/h1-9,18H,10-13H2. The van der Waals surface area contributed by atoms with Gasteiger partial charge in [0.25, 0.3) is 15.3 Å². The lowest BCUT2D eigenvalue weighted by atomic mass is 10.3. The molecular weight excluding hydrogens is 360 g/mol. The molecule has 0 saturated carbocycles. The van der Waals surface area contributed by atoms with Crippen LogP contribution in [-0.2, 0) is 14.8 Å². The second kappa shape index (κ2) is 7.90. The van der Waals surface area contributed by atoms with Crippen LogP contribution in [0.15, 0.2) is 64.4 Å². The van der Waals surface area contributed by atoms with E-state index < -0.39 is 10.0 Å². The first-order valence-electron chi connectivity index (χ1n) is 7.78. The van der Waals surface area contributed by atoms with Gasteiger partial charge in [0.15, 0.2) is 0 Å². The van der Waals surface area contributed by atoms with Crippen molar-refractivity contribution in [3.8, 4) is 0 Å². The Morgan fingerprint density at radius 2 is 1.64 bits per heavy atom. The van der Waals surface area contributed by atoms with Crippen LogP contribution < -0.4 is 4.72 Å². The molecule has 0 bridgehead atoms.